The number of nitrogen functional groups attached to an aromatic ring is 1. The van der Waals surface area contributed by atoms with Crippen LogP contribution in [0.2, 0.25) is 0 Å². The molecule has 96 valence electrons. The van der Waals surface area contributed by atoms with Crippen LogP contribution in [0.15, 0.2) is 12.1 Å². The van der Waals surface area contributed by atoms with Gasteiger partial charge in [0.05, 0.1) is 17.8 Å². The van der Waals surface area contributed by atoms with Crippen molar-refractivity contribution in [2.45, 2.75) is 38.6 Å². The minimum Gasteiger partial charge on any atom is -0.397 e. The number of nitrogens with two attached hydrogens (primary N) is 1. The third-order valence-electron chi connectivity index (χ3n) is 4.07. The zero-order chi connectivity index (χ0) is 12.9. The van der Waals surface area contributed by atoms with Gasteiger partial charge in [-0.05, 0) is 44.4 Å². The van der Waals surface area contributed by atoms with E-state index in [4.69, 9.17) is 5.73 Å². The average molecular weight is 245 g/mol. The SMILES string of the molecule is CC1(C)CCCN1c1cc2c(cc1N)CC(=O)N2. The smallest absolute Gasteiger partial charge is 0.228 e. The molecule has 0 radical (unpaired) electrons. The summed E-state index contributed by atoms with van der Waals surface area (Å²) < 4.78 is 0. The number of anilines is 3. The first-order valence-corrected chi connectivity index (χ1v) is 6.47. The van der Waals surface area contributed by atoms with Crippen molar-refractivity contribution in [2.75, 3.05) is 22.5 Å². The Balaban J connectivity index is 2.04. The molecule has 1 aromatic rings. The van der Waals surface area contributed by atoms with E-state index in [0.717, 1.165) is 29.2 Å². The monoisotopic (exact) mass is 245 g/mol. The van der Waals surface area contributed by atoms with Crippen molar-refractivity contribution < 1.29 is 4.79 Å². The number of benzene rings is 1. The van der Waals surface area contributed by atoms with Crippen LogP contribution in [0.4, 0.5) is 17.1 Å². The molecule has 18 heavy (non-hydrogen) atoms. The summed E-state index contributed by atoms with van der Waals surface area (Å²) in [5.74, 6) is 0.0576. The van der Waals surface area contributed by atoms with E-state index in [0.29, 0.717) is 6.42 Å². The Morgan fingerprint density at radius 1 is 1.39 bits per heavy atom. The van der Waals surface area contributed by atoms with Crippen molar-refractivity contribution in [3.8, 4) is 0 Å². The van der Waals surface area contributed by atoms with Crippen LogP contribution >= 0.6 is 0 Å². The van der Waals surface area contributed by atoms with Gasteiger partial charge in [-0.25, -0.2) is 0 Å². The number of amides is 1. The summed E-state index contributed by atoms with van der Waals surface area (Å²) in [5.41, 5.74) is 10.1. The zero-order valence-corrected chi connectivity index (χ0v) is 10.9. The summed E-state index contributed by atoms with van der Waals surface area (Å²) in [6.45, 7) is 5.51. The molecule has 4 nitrogen and oxygen atoms in total. The average Bonchev–Trinajstić information content (AvgIpc) is 2.78. The first-order valence-electron chi connectivity index (χ1n) is 6.47. The van der Waals surface area contributed by atoms with Crippen molar-refractivity contribution >= 4 is 23.0 Å². The molecule has 2 aliphatic heterocycles. The Morgan fingerprint density at radius 3 is 2.83 bits per heavy atom. The molecular formula is C14H19N3O. The number of hydrogen-bond donors (Lipinski definition) is 2. The first-order chi connectivity index (χ1) is 8.47. The molecular weight excluding hydrogens is 226 g/mol. The number of nitrogens with one attached hydrogen (secondary N) is 1. The fraction of sp³-hybridized carbons (Fsp3) is 0.500. The summed E-state index contributed by atoms with van der Waals surface area (Å²) >= 11 is 0. The highest BCUT2D eigenvalue weighted by atomic mass is 16.1. The van der Waals surface area contributed by atoms with E-state index in [1.165, 1.54) is 12.8 Å². The summed E-state index contributed by atoms with van der Waals surface area (Å²) in [6, 6.07) is 3.97. The lowest BCUT2D eigenvalue weighted by atomic mass is 10.0. The number of carbonyl (C=O) groups is 1. The number of carbonyl (C=O) groups excluding carboxylic acids is 1. The molecule has 0 spiro atoms. The summed E-state index contributed by atoms with van der Waals surface area (Å²) in [5, 5.41) is 2.89. The van der Waals surface area contributed by atoms with Crippen molar-refractivity contribution in [2.24, 2.45) is 0 Å². The van der Waals surface area contributed by atoms with E-state index in [2.05, 4.69) is 24.1 Å². The van der Waals surface area contributed by atoms with Crippen molar-refractivity contribution in [3.05, 3.63) is 17.7 Å². The molecule has 3 N–H and O–H groups in total. The van der Waals surface area contributed by atoms with Crippen LogP contribution < -0.4 is 16.0 Å². The molecule has 1 amide bonds. The van der Waals surface area contributed by atoms with Gasteiger partial charge < -0.3 is 16.0 Å². The van der Waals surface area contributed by atoms with Crippen LogP contribution in [-0.4, -0.2) is 18.0 Å². The molecule has 0 atom stereocenters. The van der Waals surface area contributed by atoms with Crippen LogP contribution in [0.3, 0.4) is 0 Å². The lowest BCUT2D eigenvalue weighted by Crippen LogP contribution is -2.38. The maximum atomic E-state index is 11.4. The molecule has 1 aromatic carbocycles. The minimum atomic E-state index is 0.0576. The van der Waals surface area contributed by atoms with Crippen molar-refractivity contribution in [1.82, 2.24) is 0 Å². The zero-order valence-electron chi connectivity index (χ0n) is 10.9. The number of rotatable bonds is 1. The third-order valence-corrected chi connectivity index (χ3v) is 4.07. The molecule has 2 aliphatic rings. The molecule has 4 heteroatoms. The minimum absolute atomic E-state index is 0.0576. The second-order valence-corrected chi connectivity index (χ2v) is 5.86. The lowest BCUT2D eigenvalue weighted by Gasteiger charge is -2.34. The van der Waals surface area contributed by atoms with E-state index in [1.807, 2.05) is 12.1 Å². The quantitative estimate of drug-likeness (QED) is 0.745. The number of nitrogens with zero attached hydrogens (tertiary/aromatic N) is 1. The molecule has 0 unspecified atom stereocenters. The largest absolute Gasteiger partial charge is 0.397 e. The van der Waals surface area contributed by atoms with Gasteiger partial charge >= 0.3 is 0 Å². The summed E-state index contributed by atoms with van der Waals surface area (Å²) in [4.78, 5) is 13.8. The molecule has 1 fully saturated rings. The predicted octanol–water partition coefficient (Wildman–Crippen LogP) is 2.14. The fourth-order valence-corrected chi connectivity index (χ4v) is 3.07. The van der Waals surface area contributed by atoms with Crippen LogP contribution in [0, 0.1) is 0 Å². The Bertz CT molecular complexity index is 522. The van der Waals surface area contributed by atoms with Crippen molar-refractivity contribution in [3.63, 3.8) is 0 Å². The van der Waals surface area contributed by atoms with E-state index >= 15 is 0 Å². The number of hydrogen-bond acceptors (Lipinski definition) is 3. The molecule has 0 aliphatic carbocycles. The highest BCUT2D eigenvalue weighted by Crippen LogP contribution is 2.40. The molecule has 1 saturated heterocycles. The van der Waals surface area contributed by atoms with Gasteiger partial charge in [0.15, 0.2) is 0 Å². The van der Waals surface area contributed by atoms with Gasteiger partial charge in [0, 0.05) is 17.8 Å². The van der Waals surface area contributed by atoms with Gasteiger partial charge in [-0.2, -0.15) is 0 Å². The van der Waals surface area contributed by atoms with E-state index in [-0.39, 0.29) is 11.4 Å². The Labute approximate surface area is 107 Å². The van der Waals surface area contributed by atoms with E-state index in [9.17, 15) is 4.79 Å². The topological polar surface area (TPSA) is 58.4 Å². The lowest BCUT2D eigenvalue weighted by molar-refractivity contribution is -0.115. The predicted molar refractivity (Wildman–Crippen MR) is 73.8 cm³/mol. The van der Waals surface area contributed by atoms with E-state index in [1.54, 1.807) is 0 Å². The summed E-state index contributed by atoms with van der Waals surface area (Å²) in [7, 11) is 0. The summed E-state index contributed by atoms with van der Waals surface area (Å²) in [6.07, 6.45) is 2.81. The second-order valence-electron chi connectivity index (χ2n) is 5.86. The molecule has 3 rings (SSSR count). The molecule has 0 aromatic heterocycles. The first kappa shape index (κ1) is 11.4. The third kappa shape index (κ3) is 1.64. The van der Waals surface area contributed by atoms with Crippen LogP contribution in [0.5, 0.6) is 0 Å². The molecule has 0 saturated carbocycles. The van der Waals surface area contributed by atoms with Crippen LogP contribution in [0.1, 0.15) is 32.3 Å². The Hall–Kier alpha value is -1.71. The van der Waals surface area contributed by atoms with Gasteiger partial charge in [-0.15, -0.1) is 0 Å². The number of fused-ring (bicyclic) bond motifs is 1. The second kappa shape index (κ2) is 3.64. The normalized spacial score (nSPS) is 21.0. The van der Waals surface area contributed by atoms with Crippen molar-refractivity contribution in [1.29, 1.82) is 0 Å². The maximum absolute atomic E-state index is 11.4. The molecule has 0 bridgehead atoms. The van der Waals surface area contributed by atoms with Crippen LogP contribution in [-0.2, 0) is 11.2 Å². The van der Waals surface area contributed by atoms with Crippen LogP contribution in [0.25, 0.3) is 0 Å². The van der Waals surface area contributed by atoms with Gasteiger partial charge in [0.1, 0.15) is 0 Å². The van der Waals surface area contributed by atoms with Gasteiger partial charge in [0.25, 0.3) is 0 Å². The fourth-order valence-electron chi connectivity index (χ4n) is 3.07. The van der Waals surface area contributed by atoms with E-state index < -0.39 is 0 Å². The highest BCUT2D eigenvalue weighted by molar-refractivity contribution is 6.01. The molecule has 2 heterocycles. The highest BCUT2D eigenvalue weighted by Gasteiger charge is 2.34. The standard InChI is InChI=1S/C14H19N3O/c1-14(2)4-3-5-17(14)12-8-11-9(6-10(12)15)7-13(18)16-11/h6,8H,3-5,7,15H2,1-2H3,(H,16,18). The maximum Gasteiger partial charge on any atom is 0.228 e. The van der Waals surface area contributed by atoms with Gasteiger partial charge in [-0.3, -0.25) is 4.79 Å². The Kier molecular flexibility index (Phi) is 2.30. The van der Waals surface area contributed by atoms with Gasteiger partial charge in [-0.1, -0.05) is 0 Å². The Morgan fingerprint density at radius 2 is 2.17 bits per heavy atom. The van der Waals surface area contributed by atoms with Gasteiger partial charge in [0.2, 0.25) is 5.91 Å².